The minimum absolute atomic E-state index is 0.233. The Kier molecular flexibility index (Phi) is 3.67. The van der Waals surface area contributed by atoms with Gasteiger partial charge >= 0.3 is 0 Å². The van der Waals surface area contributed by atoms with Gasteiger partial charge in [0.2, 0.25) is 0 Å². The highest BCUT2D eigenvalue weighted by Crippen LogP contribution is 2.29. The van der Waals surface area contributed by atoms with Crippen molar-refractivity contribution in [1.29, 1.82) is 0 Å². The summed E-state index contributed by atoms with van der Waals surface area (Å²) in [5.41, 5.74) is 9.06. The van der Waals surface area contributed by atoms with Crippen LogP contribution in [0.25, 0.3) is 10.9 Å². The lowest BCUT2D eigenvalue weighted by atomic mass is 10.2. The van der Waals surface area contributed by atoms with Crippen molar-refractivity contribution in [2.75, 3.05) is 5.73 Å². The third-order valence-electron chi connectivity index (χ3n) is 3.74. The van der Waals surface area contributed by atoms with Gasteiger partial charge in [0.05, 0.1) is 11.2 Å². The van der Waals surface area contributed by atoms with Gasteiger partial charge in [-0.2, -0.15) is 0 Å². The highest BCUT2D eigenvalue weighted by Gasteiger charge is 2.13. The second-order valence-electron chi connectivity index (χ2n) is 5.66. The maximum Gasteiger partial charge on any atom is 0.128 e. The number of nitrogens with zero attached hydrogens (tertiary/aromatic N) is 1. The Hall–Kier alpha value is -2.62. The van der Waals surface area contributed by atoms with Crippen LogP contribution < -0.4 is 10.5 Å². The number of phenols is 1. The summed E-state index contributed by atoms with van der Waals surface area (Å²) in [6.07, 6.45) is 0. The number of aromatic nitrogens is 1. The van der Waals surface area contributed by atoms with E-state index in [1.807, 2.05) is 12.1 Å². The maximum absolute atomic E-state index is 9.31. The van der Waals surface area contributed by atoms with E-state index in [4.69, 9.17) is 10.5 Å². The van der Waals surface area contributed by atoms with E-state index in [2.05, 4.69) is 30.5 Å². The summed E-state index contributed by atoms with van der Waals surface area (Å²) >= 11 is 0. The number of anilines is 1. The molecule has 0 saturated heterocycles. The number of nitrogen functional groups attached to an aromatic ring is 1. The molecule has 0 atom stereocenters. The lowest BCUT2D eigenvalue weighted by Crippen LogP contribution is -2.08. The standard InChI is InChI=1S/C18H20N2O2/c1-12(2)20-13(10-16-17(19)4-3-5-18(16)20)11-22-15-8-6-14(21)7-9-15/h3-10,12,21H,11,19H2,1-2H3. The highest BCUT2D eigenvalue weighted by atomic mass is 16.5. The van der Waals surface area contributed by atoms with Crippen LogP contribution in [0.4, 0.5) is 5.69 Å². The molecule has 0 fully saturated rings. The molecule has 0 bridgehead atoms. The zero-order valence-electron chi connectivity index (χ0n) is 12.8. The number of rotatable bonds is 4. The summed E-state index contributed by atoms with van der Waals surface area (Å²) in [4.78, 5) is 0. The third kappa shape index (κ3) is 2.60. The average molecular weight is 296 g/mol. The molecule has 2 aromatic carbocycles. The van der Waals surface area contributed by atoms with Crippen LogP contribution in [0.3, 0.4) is 0 Å². The fraction of sp³-hybridized carbons (Fsp3) is 0.222. The fourth-order valence-electron chi connectivity index (χ4n) is 2.75. The first-order chi connectivity index (χ1) is 10.6. The van der Waals surface area contributed by atoms with E-state index in [9.17, 15) is 5.11 Å². The minimum atomic E-state index is 0.233. The van der Waals surface area contributed by atoms with Gasteiger partial charge < -0.3 is 20.1 Å². The molecule has 3 aromatic rings. The van der Waals surface area contributed by atoms with E-state index in [1.165, 1.54) is 0 Å². The van der Waals surface area contributed by atoms with Crippen molar-refractivity contribution in [2.24, 2.45) is 0 Å². The first-order valence-corrected chi connectivity index (χ1v) is 7.36. The van der Waals surface area contributed by atoms with Gasteiger partial charge in [-0.15, -0.1) is 0 Å². The Labute approximate surface area is 129 Å². The Balaban J connectivity index is 1.94. The van der Waals surface area contributed by atoms with E-state index in [0.717, 1.165) is 28.0 Å². The van der Waals surface area contributed by atoms with Gasteiger partial charge in [-0.25, -0.2) is 0 Å². The molecule has 0 spiro atoms. The van der Waals surface area contributed by atoms with Crippen molar-refractivity contribution < 1.29 is 9.84 Å². The van der Waals surface area contributed by atoms with Gasteiger partial charge in [0.1, 0.15) is 18.1 Å². The van der Waals surface area contributed by atoms with E-state index >= 15 is 0 Å². The van der Waals surface area contributed by atoms with Gasteiger partial charge in [-0.3, -0.25) is 0 Å². The molecule has 0 saturated carbocycles. The fourth-order valence-corrected chi connectivity index (χ4v) is 2.75. The number of ether oxygens (including phenoxy) is 1. The molecule has 0 unspecified atom stereocenters. The number of nitrogens with two attached hydrogens (primary N) is 1. The van der Waals surface area contributed by atoms with E-state index in [0.29, 0.717) is 12.6 Å². The minimum Gasteiger partial charge on any atom is -0.508 e. The SMILES string of the molecule is CC(C)n1c(COc2ccc(O)cc2)cc2c(N)cccc21. The van der Waals surface area contributed by atoms with Crippen LogP contribution in [0.15, 0.2) is 48.5 Å². The summed E-state index contributed by atoms with van der Waals surface area (Å²) in [6, 6.07) is 15.1. The number of hydrogen-bond acceptors (Lipinski definition) is 3. The summed E-state index contributed by atoms with van der Waals surface area (Å²) < 4.78 is 8.08. The highest BCUT2D eigenvalue weighted by molar-refractivity contribution is 5.92. The van der Waals surface area contributed by atoms with Crippen LogP contribution in [0.2, 0.25) is 0 Å². The van der Waals surface area contributed by atoms with Crippen LogP contribution >= 0.6 is 0 Å². The molecule has 0 aliphatic heterocycles. The largest absolute Gasteiger partial charge is 0.508 e. The van der Waals surface area contributed by atoms with E-state index < -0.39 is 0 Å². The molecule has 4 nitrogen and oxygen atoms in total. The zero-order chi connectivity index (χ0) is 15.7. The molecule has 114 valence electrons. The number of hydrogen-bond donors (Lipinski definition) is 2. The first-order valence-electron chi connectivity index (χ1n) is 7.36. The van der Waals surface area contributed by atoms with Crippen LogP contribution in [0.5, 0.6) is 11.5 Å². The van der Waals surface area contributed by atoms with Gasteiger partial charge in [0.15, 0.2) is 0 Å². The Morgan fingerprint density at radius 1 is 1.14 bits per heavy atom. The monoisotopic (exact) mass is 296 g/mol. The second kappa shape index (κ2) is 5.64. The van der Waals surface area contributed by atoms with E-state index in [-0.39, 0.29) is 5.75 Å². The van der Waals surface area contributed by atoms with Crippen molar-refractivity contribution in [3.63, 3.8) is 0 Å². The van der Waals surface area contributed by atoms with Gasteiger partial charge in [-0.05, 0) is 56.3 Å². The Bertz CT molecular complexity index is 789. The molecule has 1 aromatic heterocycles. The maximum atomic E-state index is 9.31. The molecule has 3 rings (SSSR count). The van der Waals surface area contributed by atoms with Crippen LogP contribution in [-0.4, -0.2) is 9.67 Å². The lowest BCUT2D eigenvalue weighted by Gasteiger charge is -2.15. The lowest BCUT2D eigenvalue weighted by molar-refractivity contribution is 0.292. The number of aromatic hydroxyl groups is 1. The average Bonchev–Trinajstić information content (AvgIpc) is 2.87. The van der Waals surface area contributed by atoms with Gasteiger partial charge in [-0.1, -0.05) is 6.07 Å². The Morgan fingerprint density at radius 3 is 2.55 bits per heavy atom. The quantitative estimate of drug-likeness (QED) is 0.713. The van der Waals surface area contributed by atoms with Crippen LogP contribution in [0.1, 0.15) is 25.6 Å². The van der Waals surface area contributed by atoms with Gasteiger partial charge in [0.25, 0.3) is 0 Å². The molecule has 22 heavy (non-hydrogen) atoms. The molecule has 0 aliphatic carbocycles. The van der Waals surface area contributed by atoms with Crippen molar-refractivity contribution in [1.82, 2.24) is 4.57 Å². The molecule has 4 heteroatoms. The third-order valence-corrected chi connectivity index (χ3v) is 3.74. The Morgan fingerprint density at radius 2 is 1.86 bits per heavy atom. The van der Waals surface area contributed by atoms with Crippen LogP contribution in [0, 0.1) is 0 Å². The summed E-state index contributed by atoms with van der Waals surface area (Å²) in [5.74, 6) is 0.961. The summed E-state index contributed by atoms with van der Waals surface area (Å²) in [7, 11) is 0. The predicted octanol–water partition coefficient (Wildman–Crippen LogP) is 4.09. The van der Waals surface area contributed by atoms with Crippen molar-refractivity contribution >= 4 is 16.6 Å². The van der Waals surface area contributed by atoms with Crippen molar-refractivity contribution in [3.05, 3.63) is 54.2 Å². The number of benzene rings is 2. The molecule has 0 radical (unpaired) electrons. The topological polar surface area (TPSA) is 60.4 Å². The van der Waals surface area contributed by atoms with Crippen LogP contribution in [-0.2, 0) is 6.61 Å². The number of phenolic OH excluding ortho intramolecular Hbond substituents is 1. The second-order valence-corrected chi connectivity index (χ2v) is 5.66. The summed E-state index contributed by atoms with van der Waals surface area (Å²) in [5, 5.41) is 10.4. The van der Waals surface area contributed by atoms with Crippen molar-refractivity contribution in [3.8, 4) is 11.5 Å². The normalized spacial score (nSPS) is 11.2. The van der Waals surface area contributed by atoms with Crippen molar-refractivity contribution in [2.45, 2.75) is 26.5 Å². The van der Waals surface area contributed by atoms with E-state index in [1.54, 1.807) is 24.3 Å². The molecular weight excluding hydrogens is 276 g/mol. The molecule has 1 heterocycles. The zero-order valence-corrected chi connectivity index (χ0v) is 12.8. The number of fused-ring (bicyclic) bond motifs is 1. The summed E-state index contributed by atoms with van der Waals surface area (Å²) in [6.45, 7) is 4.75. The molecule has 0 amide bonds. The van der Waals surface area contributed by atoms with Gasteiger partial charge in [0, 0.05) is 17.1 Å². The molecule has 0 aliphatic rings. The smallest absolute Gasteiger partial charge is 0.128 e. The predicted molar refractivity (Wildman–Crippen MR) is 89.2 cm³/mol. The first kappa shape index (κ1) is 14.3. The molecular formula is C18H20N2O2. The molecule has 3 N–H and O–H groups in total.